The molecular formula is C19H17N3O. The van der Waals surface area contributed by atoms with Gasteiger partial charge in [0.1, 0.15) is 5.82 Å². The largest absolute Gasteiger partial charge is 0.310 e. The third-order valence-corrected chi connectivity index (χ3v) is 4.30. The fourth-order valence-electron chi connectivity index (χ4n) is 3.08. The summed E-state index contributed by atoms with van der Waals surface area (Å²) in [6.45, 7) is 2.07. The highest BCUT2D eigenvalue weighted by atomic mass is 16.1. The van der Waals surface area contributed by atoms with E-state index in [4.69, 9.17) is 0 Å². The van der Waals surface area contributed by atoms with E-state index in [2.05, 4.69) is 41.6 Å². The van der Waals surface area contributed by atoms with E-state index in [0.29, 0.717) is 6.42 Å². The van der Waals surface area contributed by atoms with E-state index in [1.807, 2.05) is 36.5 Å². The first-order valence-corrected chi connectivity index (χ1v) is 7.72. The Labute approximate surface area is 134 Å². The van der Waals surface area contributed by atoms with Crippen molar-refractivity contribution in [2.24, 2.45) is 0 Å². The number of fused-ring (bicyclic) bond motifs is 1. The average Bonchev–Trinajstić information content (AvgIpc) is 2.99. The van der Waals surface area contributed by atoms with Crippen LogP contribution in [0.15, 0.2) is 60.8 Å². The molecule has 1 N–H and O–H groups in total. The van der Waals surface area contributed by atoms with Gasteiger partial charge in [-0.2, -0.15) is 5.10 Å². The summed E-state index contributed by atoms with van der Waals surface area (Å²) in [5, 5.41) is 7.48. The molecule has 0 fully saturated rings. The lowest BCUT2D eigenvalue weighted by Crippen LogP contribution is -2.24. The number of anilines is 1. The fraction of sp³-hybridized carbons (Fsp3) is 0.158. The number of para-hydroxylation sites is 1. The molecule has 1 atom stereocenters. The normalized spacial score (nSPS) is 16.7. The van der Waals surface area contributed by atoms with Gasteiger partial charge in [0.15, 0.2) is 0 Å². The Morgan fingerprint density at radius 2 is 1.83 bits per heavy atom. The highest BCUT2D eigenvalue weighted by Crippen LogP contribution is 2.37. The van der Waals surface area contributed by atoms with Crippen molar-refractivity contribution in [3.8, 4) is 5.69 Å². The number of carbonyl (C=O) groups is 1. The standard InChI is InChI=1S/C19H17N3O/c1-13-7-9-14(10-8-13)16-11-18(23)21-19-17(16)12-20-22(19)15-5-3-2-4-6-15/h2-10,12,16H,11H2,1H3,(H,21,23)/t16-/m0/s1. The van der Waals surface area contributed by atoms with Crippen LogP contribution in [0.1, 0.15) is 29.0 Å². The van der Waals surface area contributed by atoms with Gasteiger partial charge < -0.3 is 5.32 Å². The topological polar surface area (TPSA) is 46.9 Å². The van der Waals surface area contributed by atoms with Gasteiger partial charge in [-0.3, -0.25) is 4.79 Å². The first-order valence-electron chi connectivity index (χ1n) is 7.72. The summed E-state index contributed by atoms with van der Waals surface area (Å²) in [4.78, 5) is 12.2. The second kappa shape index (κ2) is 5.39. The van der Waals surface area contributed by atoms with E-state index >= 15 is 0 Å². The van der Waals surface area contributed by atoms with Crippen LogP contribution in [0.5, 0.6) is 0 Å². The van der Waals surface area contributed by atoms with Crippen molar-refractivity contribution in [1.29, 1.82) is 0 Å². The first kappa shape index (κ1) is 13.8. The van der Waals surface area contributed by atoms with Crippen LogP contribution >= 0.6 is 0 Å². The summed E-state index contributed by atoms with van der Waals surface area (Å²) in [7, 11) is 0. The lowest BCUT2D eigenvalue weighted by molar-refractivity contribution is -0.116. The Hall–Kier alpha value is -2.88. The van der Waals surface area contributed by atoms with Crippen molar-refractivity contribution < 1.29 is 4.79 Å². The molecule has 1 aromatic heterocycles. The highest BCUT2D eigenvalue weighted by Gasteiger charge is 2.30. The van der Waals surface area contributed by atoms with Gasteiger partial charge in [0.05, 0.1) is 11.9 Å². The van der Waals surface area contributed by atoms with Crippen molar-refractivity contribution in [2.75, 3.05) is 5.32 Å². The number of carbonyl (C=O) groups excluding carboxylic acids is 1. The lowest BCUT2D eigenvalue weighted by Gasteiger charge is -2.23. The number of hydrogen-bond donors (Lipinski definition) is 1. The number of rotatable bonds is 2. The van der Waals surface area contributed by atoms with Crippen molar-refractivity contribution >= 4 is 11.7 Å². The molecule has 1 amide bonds. The Bertz CT molecular complexity index is 850. The van der Waals surface area contributed by atoms with Crippen molar-refractivity contribution in [3.05, 3.63) is 77.5 Å². The van der Waals surface area contributed by atoms with Crippen LogP contribution in [0.2, 0.25) is 0 Å². The van der Waals surface area contributed by atoms with E-state index in [-0.39, 0.29) is 11.8 Å². The summed E-state index contributed by atoms with van der Waals surface area (Å²) in [6.07, 6.45) is 2.32. The minimum Gasteiger partial charge on any atom is -0.310 e. The molecule has 1 aliphatic rings. The third kappa shape index (κ3) is 2.42. The van der Waals surface area contributed by atoms with Crippen molar-refractivity contribution in [2.45, 2.75) is 19.3 Å². The van der Waals surface area contributed by atoms with Gasteiger partial charge in [-0.1, -0.05) is 48.0 Å². The molecule has 0 radical (unpaired) electrons. The fourth-order valence-corrected chi connectivity index (χ4v) is 3.08. The molecule has 0 aliphatic carbocycles. The zero-order valence-corrected chi connectivity index (χ0v) is 12.9. The maximum Gasteiger partial charge on any atom is 0.226 e. The Balaban J connectivity index is 1.81. The summed E-state index contributed by atoms with van der Waals surface area (Å²) in [5.74, 6) is 0.857. The monoisotopic (exact) mass is 303 g/mol. The molecule has 3 aromatic rings. The van der Waals surface area contributed by atoms with E-state index < -0.39 is 0 Å². The zero-order chi connectivity index (χ0) is 15.8. The summed E-state index contributed by atoms with van der Waals surface area (Å²) < 4.78 is 1.80. The molecule has 0 unspecified atom stereocenters. The van der Waals surface area contributed by atoms with Crippen LogP contribution in [0.25, 0.3) is 5.69 Å². The van der Waals surface area contributed by atoms with Gasteiger partial charge in [-0.05, 0) is 24.6 Å². The first-order chi connectivity index (χ1) is 11.2. The van der Waals surface area contributed by atoms with E-state index in [1.165, 1.54) is 5.56 Å². The van der Waals surface area contributed by atoms with Crippen molar-refractivity contribution in [3.63, 3.8) is 0 Å². The molecule has 4 rings (SSSR count). The van der Waals surface area contributed by atoms with Crippen LogP contribution in [0, 0.1) is 6.92 Å². The molecule has 2 heterocycles. The third-order valence-electron chi connectivity index (χ3n) is 4.30. The Morgan fingerprint density at radius 3 is 2.57 bits per heavy atom. The Kier molecular flexibility index (Phi) is 3.23. The molecule has 1 aliphatic heterocycles. The number of aryl methyl sites for hydroxylation is 1. The molecule has 4 nitrogen and oxygen atoms in total. The molecule has 0 saturated carbocycles. The Morgan fingerprint density at radius 1 is 1.09 bits per heavy atom. The summed E-state index contributed by atoms with van der Waals surface area (Å²) >= 11 is 0. The molecule has 2 aromatic carbocycles. The second-order valence-electron chi connectivity index (χ2n) is 5.91. The molecule has 0 spiro atoms. The number of benzene rings is 2. The smallest absolute Gasteiger partial charge is 0.226 e. The van der Waals surface area contributed by atoms with Crippen LogP contribution in [-0.2, 0) is 4.79 Å². The van der Waals surface area contributed by atoms with Gasteiger partial charge in [0, 0.05) is 17.9 Å². The molecule has 4 heteroatoms. The van der Waals surface area contributed by atoms with Gasteiger partial charge >= 0.3 is 0 Å². The van der Waals surface area contributed by atoms with Gasteiger partial charge in [-0.25, -0.2) is 4.68 Å². The van der Waals surface area contributed by atoms with Crippen molar-refractivity contribution in [1.82, 2.24) is 9.78 Å². The van der Waals surface area contributed by atoms with Gasteiger partial charge in [0.25, 0.3) is 0 Å². The van der Waals surface area contributed by atoms with Gasteiger partial charge in [0.2, 0.25) is 5.91 Å². The van der Waals surface area contributed by atoms with Crippen LogP contribution in [-0.4, -0.2) is 15.7 Å². The lowest BCUT2D eigenvalue weighted by atomic mass is 9.87. The van der Waals surface area contributed by atoms with Gasteiger partial charge in [-0.15, -0.1) is 0 Å². The maximum atomic E-state index is 12.2. The molecule has 114 valence electrons. The number of hydrogen-bond acceptors (Lipinski definition) is 2. The number of nitrogens with zero attached hydrogens (tertiary/aromatic N) is 2. The van der Waals surface area contributed by atoms with E-state index in [9.17, 15) is 4.79 Å². The highest BCUT2D eigenvalue weighted by molar-refractivity contribution is 5.94. The van der Waals surface area contributed by atoms with Crippen LogP contribution in [0.3, 0.4) is 0 Å². The number of aromatic nitrogens is 2. The maximum absolute atomic E-state index is 12.2. The van der Waals surface area contributed by atoms with Crippen LogP contribution < -0.4 is 5.32 Å². The molecule has 0 saturated heterocycles. The molecule has 23 heavy (non-hydrogen) atoms. The summed E-state index contributed by atoms with van der Waals surface area (Å²) in [5.41, 5.74) is 4.38. The van der Waals surface area contributed by atoms with E-state index in [0.717, 1.165) is 22.6 Å². The SMILES string of the molecule is Cc1ccc([C@@H]2CC(=O)Nc3c2cnn3-c2ccccc2)cc1. The zero-order valence-electron chi connectivity index (χ0n) is 12.9. The predicted molar refractivity (Wildman–Crippen MR) is 89.8 cm³/mol. The minimum atomic E-state index is 0.0285. The van der Waals surface area contributed by atoms with Crippen LogP contribution in [0.4, 0.5) is 5.82 Å². The number of nitrogens with one attached hydrogen (secondary N) is 1. The second-order valence-corrected chi connectivity index (χ2v) is 5.91. The summed E-state index contributed by atoms with van der Waals surface area (Å²) in [6, 6.07) is 18.2. The molecule has 0 bridgehead atoms. The average molecular weight is 303 g/mol. The molecular weight excluding hydrogens is 286 g/mol. The minimum absolute atomic E-state index is 0.0285. The number of amides is 1. The van der Waals surface area contributed by atoms with E-state index in [1.54, 1.807) is 4.68 Å². The quantitative estimate of drug-likeness (QED) is 0.785. The predicted octanol–water partition coefficient (Wildman–Crippen LogP) is 3.65.